The van der Waals surface area contributed by atoms with E-state index in [0.717, 1.165) is 63.0 Å². The van der Waals surface area contributed by atoms with Gasteiger partial charge in [-0.15, -0.1) is 10.2 Å². The maximum atomic E-state index is 16.4. The van der Waals surface area contributed by atoms with E-state index in [4.69, 9.17) is 0 Å². The van der Waals surface area contributed by atoms with Crippen LogP contribution in [0.25, 0.3) is 0 Å². The predicted molar refractivity (Wildman–Crippen MR) is 255 cm³/mol. The zero-order valence-electron chi connectivity index (χ0n) is 40.6. The van der Waals surface area contributed by atoms with Gasteiger partial charge in [0.15, 0.2) is 5.82 Å². The van der Waals surface area contributed by atoms with Gasteiger partial charge in [0, 0.05) is 84.9 Å². The van der Waals surface area contributed by atoms with Crippen molar-refractivity contribution in [2.75, 3.05) is 54.0 Å². The lowest BCUT2D eigenvalue weighted by atomic mass is 9.57. The van der Waals surface area contributed by atoms with Crippen LogP contribution in [0.3, 0.4) is 0 Å². The number of aromatic nitrogens is 3. The highest BCUT2D eigenvalue weighted by Gasteiger charge is 2.51. The van der Waals surface area contributed by atoms with E-state index in [1.54, 1.807) is 18.5 Å². The number of aryl methyl sites for hydroxylation is 2. The average Bonchev–Trinajstić information content (AvgIpc) is 3.99. The molecule has 370 valence electrons. The molecule has 3 aromatic carbocycles. The molecule has 70 heavy (non-hydrogen) atoms. The van der Waals surface area contributed by atoms with Gasteiger partial charge in [0.1, 0.15) is 18.2 Å². The van der Waals surface area contributed by atoms with Crippen molar-refractivity contribution >= 4 is 40.7 Å². The first-order valence-electron chi connectivity index (χ1n) is 25.0. The van der Waals surface area contributed by atoms with E-state index in [0.29, 0.717) is 78.2 Å². The fourth-order valence-electron chi connectivity index (χ4n) is 13.6. The lowest BCUT2D eigenvalue weighted by Gasteiger charge is -2.58. The van der Waals surface area contributed by atoms with Gasteiger partial charge in [-0.3, -0.25) is 29.4 Å². The number of anilines is 3. The van der Waals surface area contributed by atoms with Crippen LogP contribution in [0, 0.1) is 30.0 Å². The Kier molecular flexibility index (Phi) is 11.1. The summed E-state index contributed by atoms with van der Waals surface area (Å²) in [6.45, 7) is 12.7. The Morgan fingerprint density at radius 3 is 2.24 bits per heavy atom. The lowest BCUT2D eigenvalue weighted by molar-refractivity contribution is -0.138. The van der Waals surface area contributed by atoms with Crippen molar-refractivity contribution < 1.29 is 36.7 Å². The van der Waals surface area contributed by atoms with Gasteiger partial charge in [0.2, 0.25) is 11.8 Å². The minimum atomic E-state index is -4.63. The molecule has 1 spiro atoms. The summed E-state index contributed by atoms with van der Waals surface area (Å²) in [6, 6.07) is 11.6. The highest BCUT2D eigenvalue weighted by Crippen LogP contribution is 2.52. The SMILES string of the molecule is Cc1cc(N2CCC(C(C)(C)N3CCC4(CC3)CN(c3cc5c(c(C(F)(F)F)c3)CN(c3cccc(C6(Cc7nncn7C)CC(C)C6)c3)C5=O)C4)CC2)c(F)c2c1C(=O)N(C1CCC(=O)NC1=O)C2. The number of halogens is 4. The Hall–Kier alpha value is -5.84. The van der Waals surface area contributed by atoms with Gasteiger partial charge in [-0.1, -0.05) is 19.1 Å². The van der Waals surface area contributed by atoms with Crippen molar-refractivity contribution in [2.24, 2.45) is 24.3 Å². The van der Waals surface area contributed by atoms with Crippen LogP contribution in [0.2, 0.25) is 0 Å². The smallest absolute Gasteiger partial charge is 0.370 e. The van der Waals surface area contributed by atoms with E-state index >= 15 is 4.39 Å². The fraction of sp³-hybridized carbons (Fsp3) is 0.547. The minimum Gasteiger partial charge on any atom is -0.370 e. The number of piperidine rings is 3. The van der Waals surface area contributed by atoms with Crippen molar-refractivity contribution in [1.29, 1.82) is 0 Å². The summed E-state index contributed by atoms with van der Waals surface area (Å²) in [5.41, 5.74) is 2.87. The third-order valence-electron chi connectivity index (χ3n) is 17.7. The second kappa shape index (κ2) is 16.6. The number of carbonyl (C=O) groups is 4. The molecule has 4 aromatic rings. The van der Waals surface area contributed by atoms with E-state index < -0.39 is 35.4 Å². The zero-order valence-corrected chi connectivity index (χ0v) is 40.6. The molecule has 0 bridgehead atoms. The highest BCUT2D eigenvalue weighted by atomic mass is 19.4. The number of amides is 4. The molecular formula is C53H61F4N9O4. The second-order valence-electron chi connectivity index (χ2n) is 22.3. The van der Waals surface area contributed by atoms with Crippen molar-refractivity contribution in [1.82, 2.24) is 29.9 Å². The Morgan fingerprint density at radius 1 is 0.857 bits per heavy atom. The molecule has 5 fully saturated rings. The van der Waals surface area contributed by atoms with Crippen LogP contribution in [0.15, 0.2) is 48.8 Å². The van der Waals surface area contributed by atoms with Gasteiger partial charge in [0.25, 0.3) is 11.8 Å². The van der Waals surface area contributed by atoms with Crippen LogP contribution >= 0.6 is 0 Å². The summed E-state index contributed by atoms with van der Waals surface area (Å²) >= 11 is 0. The van der Waals surface area contributed by atoms with Crippen molar-refractivity contribution in [2.45, 2.75) is 122 Å². The van der Waals surface area contributed by atoms with E-state index in [1.165, 1.54) is 15.9 Å². The number of nitrogens with one attached hydrogen (secondary N) is 1. The standard InChI is InChI=1S/C53H61F4N9O4/c1-31-23-52(24-31,25-43-60-58-30-61(43)5)34-7-6-8-35(20-34)65-26-38-37(48(65)69)21-36(22-40(38)53(55,56)57)63-28-51(29-63)13-17-64(18-14-51)50(3,4)33-11-15-62(16-12-33)42-19-32(2)45-39(46(42)54)27-66(49(45)70)41-9-10-44(67)59-47(41)68/h6-8,19-22,30-31,33,41H,9-18,23-29H2,1-5H3,(H,59,67,68). The number of rotatable bonds is 9. The van der Waals surface area contributed by atoms with Gasteiger partial charge in [-0.05, 0) is 138 Å². The first kappa shape index (κ1) is 46.5. The molecule has 17 heteroatoms. The number of benzene rings is 3. The summed E-state index contributed by atoms with van der Waals surface area (Å²) in [4.78, 5) is 61.6. The average molecular weight is 964 g/mol. The molecule has 1 unspecified atom stereocenters. The fourth-order valence-corrected chi connectivity index (χ4v) is 13.6. The molecule has 1 saturated carbocycles. The van der Waals surface area contributed by atoms with Gasteiger partial charge in [-0.25, -0.2) is 4.39 Å². The molecule has 1 N–H and O–H groups in total. The maximum Gasteiger partial charge on any atom is 0.416 e. The Bertz CT molecular complexity index is 2810. The van der Waals surface area contributed by atoms with E-state index in [-0.39, 0.29) is 65.2 Å². The molecule has 11 rings (SSSR count). The summed E-state index contributed by atoms with van der Waals surface area (Å²) in [7, 11) is 1.92. The number of alkyl halides is 3. The normalized spacial score (nSPS) is 25.1. The molecule has 4 saturated heterocycles. The third-order valence-corrected chi connectivity index (χ3v) is 17.7. The van der Waals surface area contributed by atoms with Crippen LogP contribution in [0.5, 0.6) is 0 Å². The van der Waals surface area contributed by atoms with Crippen LogP contribution in [-0.2, 0) is 47.7 Å². The molecule has 1 atom stereocenters. The van der Waals surface area contributed by atoms with Crippen LogP contribution in [-0.4, -0.2) is 99.0 Å². The Morgan fingerprint density at radius 2 is 1.59 bits per heavy atom. The van der Waals surface area contributed by atoms with E-state index in [9.17, 15) is 32.3 Å². The van der Waals surface area contributed by atoms with Gasteiger partial charge in [-0.2, -0.15) is 13.2 Å². The van der Waals surface area contributed by atoms with Gasteiger partial charge < -0.3 is 24.2 Å². The molecule has 7 aliphatic rings. The van der Waals surface area contributed by atoms with E-state index in [2.05, 4.69) is 52.2 Å². The number of carbonyl (C=O) groups excluding carboxylic acids is 4. The Balaban J connectivity index is 0.726. The molecule has 6 aliphatic heterocycles. The molecule has 0 radical (unpaired) electrons. The monoisotopic (exact) mass is 963 g/mol. The number of fused-ring (bicyclic) bond motifs is 2. The number of imide groups is 1. The largest absolute Gasteiger partial charge is 0.416 e. The molecule has 7 heterocycles. The Labute approximate surface area is 405 Å². The van der Waals surface area contributed by atoms with Gasteiger partial charge >= 0.3 is 6.18 Å². The molecule has 1 aliphatic carbocycles. The van der Waals surface area contributed by atoms with Crippen molar-refractivity contribution in [3.8, 4) is 0 Å². The quantitative estimate of drug-likeness (QED) is 0.133. The highest BCUT2D eigenvalue weighted by molar-refractivity contribution is 6.11. The maximum absolute atomic E-state index is 16.4. The third kappa shape index (κ3) is 7.67. The summed E-state index contributed by atoms with van der Waals surface area (Å²) in [6.07, 6.45) is 3.50. The number of hydrogen-bond acceptors (Lipinski definition) is 9. The van der Waals surface area contributed by atoms with Crippen molar-refractivity contribution in [3.05, 3.63) is 99.4 Å². The molecule has 4 amide bonds. The van der Waals surface area contributed by atoms with Crippen LogP contribution in [0.1, 0.15) is 126 Å². The predicted octanol–water partition coefficient (Wildman–Crippen LogP) is 7.71. The summed E-state index contributed by atoms with van der Waals surface area (Å²) in [5.74, 6) is -0.387. The molecular weight excluding hydrogens is 903 g/mol. The topological polar surface area (TPSA) is 127 Å². The minimum absolute atomic E-state index is 0.0118. The molecule has 1 aromatic heterocycles. The van der Waals surface area contributed by atoms with Crippen molar-refractivity contribution in [3.63, 3.8) is 0 Å². The second-order valence-corrected chi connectivity index (χ2v) is 22.3. The number of hydrogen-bond donors (Lipinski definition) is 1. The zero-order chi connectivity index (χ0) is 49.2. The van der Waals surface area contributed by atoms with Crippen LogP contribution in [0.4, 0.5) is 34.6 Å². The first-order valence-corrected chi connectivity index (χ1v) is 25.0. The summed E-state index contributed by atoms with van der Waals surface area (Å²) in [5, 5.41) is 10.7. The van der Waals surface area contributed by atoms with E-state index in [1.807, 2.05) is 41.6 Å². The molecule has 13 nitrogen and oxygen atoms in total. The van der Waals surface area contributed by atoms with Crippen LogP contribution < -0.4 is 20.0 Å². The number of likely N-dealkylation sites (tertiary alicyclic amines) is 1. The lowest BCUT2D eigenvalue weighted by Crippen LogP contribution is -2.63. The summed E-state index contributed by atoms with van der Waals surface area (Å²) < 4.78 is 63.1. The van der Waals surface area contributed by atoms with Gasteiger partial charge in [0.05, 0.1) is 29.9 Å². The number of nitrogens with zero attached hydrogens (tertiary/aromatic N) is 8. The first-order chi connectivity index (χ1) is 33.2.